The van der Waals surface area contributed by atoms with Crippen molar-refractivity contribution in [1.82, 2.24) is 25.0 Å². The van der Waals surface area contributed by atoms with Gasteiger partial charge in [-0.2, -0.15) is 5.10 Å². The van der Waals surface area contributed by atoms with Crippen LogP contribution in [0.15, 0.2) is 36.5 Å². The van der Waals surface area contributed by atoms with Gasteiger partial charge in [-0.25, -0.2) is 9.67 Å². The van der Waals surface area contributed by atoms with Crippen LogP contribution in [0.3, 0.4) is 0 Å². The smallest absolute Gasteiger partial charge is 0.260 e. The molecular formula is C20H20N6O3S. The van der Waals surface area contributed by atoms with E-state index in [1.54, 1.807) is 16.8 Å². The lowest BCUT2D eigenvalue weighted by molar-refractivity contribution is 0.102. The molecule has 0 bridgehead atoms. The maximum atomic E-state index is 12.9. The summed E-state index contributed by atoms with van der Waals surface area (Å²) < 4.78 is 13.1. The molecule has 0 aliphatic rings. The second-order valence-electron chi connectivity index (χ2n) is 6.24. The van der Waals surface area contributed by atoms with Gasteiger partial charge in [0.05, 0.1) is 41.4 Å². The number of amides is 1. The van der Waals surface area contributed by atoms with Crippen LogP contribution in [0.1, 0.15) is 29.9 Å². The monoisotopic (exact) mass is 424 g/mol. The zero-order chi connectivity index (χ0) is 21.1. The summed E-state index contributed by atoms with van der Waals surface area (Å²) in [5.41, 5.74) is 2.00. The highest BCUT2D eigenvalue weighted by Crippen LogP contribution is 2.30. The van der Waals surface area contributed by atoms with Gasteiger partial charge >= 0.3 is 0 Å². The van der Waals surface area contributed by atoms with Gasteiger partial charge in [0.25, 0.3) is 5.91 Å². The van der Waals surface area contributed by atoms with Gasteiger partial charge in [-0.15, -0.1) is 10.2 Å². The Hall–Kier alpha value is -3.53. The van der Waals surface area contributed by atoms with Crippen molar-refractivity contribution < 1.29 is 14.3 Å². The Morgan fingerprint density at radius 1 is 1.20 bits per heavy atom. The lowest BCUT2D eigenvalue weighted by atomic mass is 10.2. The van der Waals surface area contributed by atoms with Gasteiger partial charge in [0, 0.05) is 6.07 Å². The van der Waals surface area contributed by atoms with Crippen molar-refractivity contribution in [2.24, 2.45) is 0 Å². The number of thiazole rings is 1. The van der Waals surface area contributed by atoms with E-state index in [1.807, 2.05) is 32.0 Å². The van der Waals surface area contributed by atoms with Crippen molar-refractivity contribution in [3.63, 3.8) is 0 Å². The molecule has 0 saturated heterocycles. The predicted molar refractivity (Wildman–Crippen MR) is 114 cm³/mol. The van der Waals surface area contributed by atoms with E-state index < -0.39 is 0 Å². The standard InChI is InChI=1S/C20H20N6O3S/c1-4-15-13(11-21-26(15)17-8-9-18(28-3)25-24-17)19(27)23-20-22-14-7-6-12(29-5-2)10-16(14)30-20/h6-11H,4-5H2,1-3H3,(H,22,23,27). The minimum Gasteiger partial charge on any atom is -0.494 e. The minimum atomic E-state index is -0.274. The van der Waals surface area contributed by atoms with Crippen LogP contribution in [-0.2, 0) is 6.42 Å². The van der Waals surface area contributed by atoms with E-state index >= 15 is 0 Å². The molecular weight excluding hydrogens is 404 g/mol. The van der Waals surface area contributed by atoms with Crippen LogP contribution < -0.4 is 14.8 Å². The lowest BCUT2D eigenvalue weighted by Gasteiger charge is -2.07. The zero-order valence-corrected chi connectivity index (χ0v) is 17.6. The van der Waals surface area contributed by atoms with Crippen LogP contribution in [-0.4, -0.2) is 44.6 Å². The molecule has 1 aromatic carbocycles. The Morgan fingerprint density at radius 3 is 2.77 bits per heavy atom. The highest BCUT2D eigenvalue weighted by molar-refractivity contribution is 7.22. The summed E-state index contributed by atoms with van der Waals surface area (Å²) in [6.45, 7) is 4.48. The van der Waals surface area contributed by atoms with Gasteiger partial charge in [0.15, 0.2) is 10.9 Å². The third-order valence-corrected chi connectivity index (χ3v) is 5.33. The number of aromatic nitrogens is 5. The van der Waals surface area contributed by atoms with Gasteiger partial charge in [0.1, 0.15) is 5.75 Å². The predicted octanol–water partition coefficient (Wildman–Crippen LogP) is 3.49. The van der Waals surface area contributed by atoms with E-state index in [-0.39, 0.29) is 5.91 Å². The highest BCUT2D eigenvalue weighted by atomic mass is 32.1. The molecule has 1 N–H and O–H groups in total. The maximum Gasteiger partial charge on any atom is 0.260 e. The molecule has 0 aliphatic heterocycles. The van der Waals surface area contributed by atoms with Gasteiger partial charge in [0.2, 0.25) is 5.88 Å². The van der Waals surface area contributed by atoms with E-state index in [1.165, 1.54) is 24.6 Å². The lowest BCUT2D eigenvalue weighted by Crippen LogP contribution is -2.14. The Bertz CT molecular complexity index is 1190. The second kappa shape index (κ2) is 8.46. The number of hydrogen-bond donors (Lipinski definition) is 1. The fourth-order valence-electron chi connectivity index (χ4n) is 3.02. The maximum absolute atomic E-state index is 12.9. The molecule has 0 spiro atoms. The van der Waals surface area contributed by atoms with Crippen LogP contribution in [0, 0.1) is 0 Å². The van der Waals surface area contributed by atoms with Gasteiger partial charge in [-0.3, -0.25) is 10.1 Å². The summed E-state index contributed by atoms with van der Waals surface area (Å²) in [5.74, 6) is 1.42. The number of rotatable bonds is 7. The molecule has 4 rings (SSSR count). The summed E-state index contributed by atoms with van der Waals surface area (Å²) >= 11 is 1.39. The zero-order valence-electron chi connectivity index (χ0n) is 16.7. The SMILES string of the molecule is CCOc1ccc2nc(NC(=O)c3cnn(-c4ccc(OC)nn4)c3CC)sc2c1. The largest absolute Gasteiger partial charge is 0.494 e. The Balaban J connectivity index is 1.59. The Labute approximate surface area is 176 Å². The normalized spacial score (nSPS) is 10.9. The minimum absolute atomic E-state index is 0.274. The van der Waals surface area contributed by atoms with E-state index in [0.717, 1.165) is 21.7 Å². The first-order chi connectivity index (χ1) is 14.6. The first-order valence-electron chi connectivity index (χ1n) is 9.42. The van der Waals surface area contributed by atoms with Crippen molar-refractivity contribution in [3.8, 4) is 17.4 Å². The molecule has 0 fully saturated rings. The average molecular weight is 424 g/mol. The fourth-order valence-corrected chi connectivity index (χ4v) is 3.90. The van der Waals surface area contributed by atoms with Crippen molar-refractivity contribution in [2.75, 3.05) is 19.0 Å². The van der Waals surface area contributed by atoms with Crippen molar-refractivity contribution in [1.29, 1.82) is 0 Å². The fraction of sp³-hybridized carbons (Fsp3) is 0.250. The molecule has 0 atom stereocenters. The first kappa shape index (κ1) is 19.8. The van der Waals surface area contributed by atoms with Gasteiger partial charge in [-0.05, 0) is 37.6 Å². The Kier molecular flexibility index (Phi) is 5.57. The van der Waals surface area contributed by atoms with Crippen molar-refractivity contribution in [3.05, 3.63) is 47.8 Å². The van der Waals surface area contributed by atoms with Crippen LogP contribution in [0.2, 0.25) is 0 Å². The Morgan fingerprint density at radius 2 is 2.07 bits per heavy atom. The topological polar surface area (TPSA) is 104 Å². The number of benzene rings is 1. The summed E-state index contributed by atoms with van der Waals surface area (Å²) in [6.07, 6.45) is 2.12. The van der Waals surface area contributed by atoms with E-state index in [4.69, 9.17) is 9.47 Å². The number of anilines is 1. The van der Waals surface area contributed by atoms with Crippen LogP contribution >= 0.6 is 11.3 Å². The number of nitrogens with one attached hydrogen (secondary N) is 1. The van der Waals surface area contributed by atoms with Crippen LogP contribution in [0.5, 0.6) is 11.6 Å². The molecule has 154 valence electrons. The molecule has 30 heavy (non-hydrogen) atoms. The summed E-state index contributed by atoms with van der Waals surface area (Å²) in [4.78, 5) is 17.4. The molecule has 10 heteroatoms. The van der Waals surface area contributed by atoms with Crippen LogP contribution in [0.25, 0.3) is 16.0 Å². The van der Waals surface area contributed by atoms with E-state index in [9.17, 15) is 4.79 Å². The number of carbonyl (C=O) groups is 1. The average Bonchev–Trinajstić information content (AvgIpc) is 3.37. The third-order valence-electron chi connectivity index (χ3n) is 4.39. The molecule has 0 radical (unpaired) electrons. The molecule has 0 saturated carbocycles. The number of methoxy groups -OCH3 is 1. The van der Waals surface area contributed by atoms with Gasteiger partial charge in [-0.1, -0.05) is 18.3 Å². The number of nitrogens with zero attached hydrogens (tertiary/aromatic N) is 5. The number of carbonyl (C=O) groups excluding carboxylic acids is 1. The quantitative estimate of drug-likeness (QED) is 0.484. The molecule has 0 aliphatic carbocycles. The number of fused-ring (bicyclic) bond motifs is 1. The van der Waals surface area contributed by atoms with E-state index in [2.05, 4.69) is 25.6 Å². The summed E-state index contributed by atoms with van der Waals surface area (Å²) in [6, 6.07) is 9.10. The van der Waals surface area contributed by atoms with Gasteiger partial charge < -0.3 is 9.47 Å². The summed E-state index contributed by atoms with van der Waals surface area (Å²) in [7, 11) is 1.52. The summed E-state index contributed by atoms with van der Waals surface area (Å²) in [5, 5.41) is 15.8. The van der Waals surface area contributed by atoms with E-state index in [0.29, 0.717) is 35.4 Å². The highest BCUT2D eigenvalue weighted by Gasteiger charge is 2.19. The molecule has 4 aromatic rings. The van der Waals surface area contributed by atoms with Crippen LogP contribution in [0.4, 0.5) is 5.13 Å². The third kappa shape index (κ3) is 3.81. The van der Waals surface area contributed by atoms with Crippen molar-refractivity contribution in [2.45, 2.75) is 20.3 Å². The first-order valence-corrected chi connectivity index (χ1v) is 10.2. The number of ether oxygens (including phenoxy) is 2. The molecule has 1 amide bonds. The molecule has 3 aromatic heterocycles. The molecule has 3 heterocycles. The van der Waals surface area contributed by atoms with Crippen molar-refractivity contribution >= 4 is 32.6 Å². The second-order valence-corrected chi connectivity index (χ2v) is 7.27. The molecule has 9 nitrogen and oxygen atoms in total. The molecule has 0 unspecified atom stereocenters. The number of hydrogen-bond acceptors (Lipinski definition) is 8.